The van der Waals surface area contributed by atoms with E-state index in [9.17, 15) is 14.0 Å². The largest absolute Gasteiger partial charge is 0.330 e. The normalized spacial score (nSPS) is 36.0. The Morgan fingerprint density at radius 2 is 1.75 bits per heavy atom. The van der Waals surface area contributed by atoms with E-state index in [4.69, 9.17) is 0 Å². The summed E-state index contributed by atoms with van der Waals surface area (Å²) in [6.45, 7) is 2.52. The van der Waals surface area contributed by atoms with E-state index < -0.39 is 6.04 Å². The lowest BCUT2D eigenvalue weighted by Gasteiger charge is -2.56. The Labute approximate surface area is 165 Å². The fourth-order valence-corrected chi connectivity index (χ4v) is 6.90. The zero-order valence-electron chi connectivity index (χ0n) is 16.5. The fraction of sp³-hybridized carbons (Fsp3) is 0.652. The molecule has 0 spiro atoms. The molecule has 4 bridgehead atoms. The van der Waals surface area contributed by atoms with Crippen molar-refractivity contribution < 1.29 is 14.0 Å². The molecule has 4 aliphatic carbocycles. The lowest BCUT2D eigenvalue weighted by molar-refractivity contribution is -0.160. The Balaban J connectivity index is 1.34. The average molecular weight is 384 g/mol. The van der Waals surface area contributed by atoms with Crippen LogP contribution in [0.4, 0.5) is 10.1 Å². The summed E-state index contributed by atoms with van der Waals surface area (Å²) in [6, 6.07) is 3.98. The molecule has 1 saturated heterocycles. The molecule has 0 radical (unpaired) electrons. The van der Waals surface area contributed by atoms with E-state index in [1.54, 1.807) is 6.07 Å². The number of nitrogens with one attached hydrogen (secondary N) is 1. The van der Waals surface area contributed by atoms with Crippen LogP contribution in [-0.4, -0.2) is 29.3 Å². The Kier molecular flexibility index (Phi) is 4.25. The van der Waals surface area contributed by atoms with Gasteiger partial charge in [0.15, 0.2) is 0 Å². The summed E-state index contributed by atoms with van der Waals surface area (Å²) in [4.78, 5) is 28.5. The molecule has 150 valence electrons. The van der Waals surface area contributed by atoms with E-state index in [1.165, 1.54) is 31.4 Å². The van der Waals surface area contributed by atoms with Crippen molar-refractivity contribution >= 4 is 17.5 Å². The summed E-state index contributed by atoms with van der Waals surface area (Å²) in [5.74, 6) is 1.80. The number of rotatable bonds is 3. The minimum Gasteiger partial charge on any atom is -0.330 e. The maximum atomic E-state index is 13.7. The van der Waals surface area contributed by atoms with E-state index in [-0.39, 0.29) is 23.0 Å². The highest BCUT2D eigenvalue weighted by Gasteiger charge is 2.56. The molecule has 1 N–H and O–H groups in total. The number of benzene rings is 1. The van der Waals surface area contributed by atoms with Gasteiger partial charge in [0.1, 0.15) is 11.9 Å². The van der Waals surface area contributed by atoms with Crippen LogP contribution in [0.15, 0.2) is 18.2 Å². The molecule has 5 fully saturated rings. The highest BCUT2D eigenvalue weighted by Crippen LogP contribution is 2.60. The van der Waals surface area contributed by atoms with Crippen molar-refractivity contribution in [2.24, 2.45) is 23.2 Å². The standard InChI is InChI=1S/C23H29FN2O2/c1-14-4-5-18(24)10-19(14)25-21(27)20-3-2-6-26(20)22(28)23-11-15-7-16(12-23)9-17(8-15)13-23/h4-5,10,15-17,20H,2-3,6-9,11-13H2,1H3,(H,25,27)/t15?,16?,17?,20-,23?/m1/s1. The summed E-state index contributed by atoms with van der Waals surface area (Å²) in [5, 5.41) is 2.88. The molecule has 1 aromatic rings. The maximum absolute atomic E-state index is 13.7. The third-order valence-electron chi connectivity index (χ3n) is 7.77. The number of likely N-dealkylation sites (tertiary alicyclic amines) is 1. The van der Waals surface area contributed by atoms with Crippen molar-refractivity contribution in [1.82, 2.24) is 4.90 Å². The van der Waals surface area contributed by atoms with Crippen molar-refractivity contribution in [2.75, 3.05) is 11.9 Å². The van der Waals surface area contributed by atoms with Gasteiger partial charge in [-0.25, -0.2) is 4.39 Å². The first-order chi connectivity index (χ1) is 13.4. The molecule has 2 amide bonds. The Hall–Kier alpha value is -1.91. The monoisotopic (exact) mass is 384 g/mol. The first kappa shape index (κ1) is 18.1. The molecule has 1 atom stereocenters. The topological polar surface area (TPSA) is 49.4 Å². The number of carbonyl (C=O) groups is 2. The van der Waals surface area contributed by atoms with Gasteiger partial charge in [-0.1, -0.05) is 6.07 Å². The number of amides is 2. The predicted molar refractivity (Wildman–Crippen MR) is 105 cm³/mol. The second kappa shape index (κ2) is 6.57. The van der Waals surface area contributed by atoms with Gasteiger partial charge < -0.3 is 10.2 Å². The van der Waals surface area contributed by atoms with Crippen molar-refractivity contribution in [3.8, 4) is 0 Å². The first-order valence-electron chi connectivity index (χ1n) is 10.8. The molecule has 28 heavy (non-hydrogen) atoms. The SMILES string of the molecule is Cc1ccc(F)cc1NC(=O)[C@H]1CCCN1C(=O)C12CC3CC(CC(C3)C1)C2. The van der Waals surface area contributed by atoms with Crippen LogP contribution in [0.1, 0.15) is 56.9 Å². The van der Waals surface area contributed by atoms with Crippen molar-refractivity contribution in [3.05, 3.63) is 29.6 Å². The van der Waals surface area contributed by atoms with Crippen LogP contribution < -0.4 is 5.32 Å². The highest BCUT2D eigenvalue weighted by molar-refractivity contribution is 5.98. The van der Waals surface area contributed by atoms with Gasteiger partial charge in [-0.15, -0.1) is 0 Å². The molecule has 6 rings (SSSR count). The molecule has 1 aromatic carbocycles. The Bertz CT molecular complexity index is 786. The molecule has 5 heteroatoms. The lowest BCUT2D eigenvalue weighted by atomic mass is 9.49. The van der Waals surface area contributed by atoms with Crippen LogP contribution in [-0.2, 0) is 9.59 Å². The Morgan fingerprint density at radius 3 is 2.39 bits per heavy atom. The van der Waals surface area contributed by atoms with Gasteiger partial charge in [0.05, 0.1) is 5.41 Å². The molecular formula is C23H29FN2O2. The van der Waals surface area contributed by atoms with Gasteiger partial charge in [-0.2, -0.15) is 0 Å². The van der Waals surface area contributed by atoms with E-state index in [2.05, 4.69) is 5.32 Å². The molecule has 0 aromatic heterocycles. The van der Waals surface area contributed by atoms with Gasteiger partial charge in [-0.3, -0.25) is 9.59 Å². The number of carbonyl (C=O) groups excluding carboxylic acids is 2. The lowest BCUT2D eigenvalue weighted by Crippen LogP contribution is -2.56. The van der Waals surface area contributed by atoms with Crippen LogP contribution in [0.25, 0.3) is 0 Å². The minimum absolute atomic E-state index is 0.177. The number of aryl methyl sites for hydroxylation is 1. The van der Waals surface area contributed by atoms with Gasteiger partial charge in [-0.05, 0) is 93.7 Å². The third-order valence-corrected chi connectivity index (χ3v) is 7.77. The van der Waals surface area contributed by atoms with Crippen LogP contribution in [0, 0.1) is 35.9 Å². The average Bonchev–Trinajstić information content (AvgIpc) is 3.12. The number of nitrogens with zero attached hydrogens (tertiary/aromatic N) is 1. The van der Waals surface area contributed by atoms with E-state index in [0.717, 1.165) is 31.2 Å². The third kappa shape index (κ3) is 2.94. The minimum atomic E-state index is -0.428. The number of halogens is 1. The fourth-order valence-electron chi connectivity index (χ4n) is 6.90. The zero-order chi connectivity index (χ0) is 19.5. The molecular weight excluding hydrogens is 355 g/mol. The summed E-state index contributed by atoms with van der Waals surface area (Å²) in [6.07, 6.45) is 8.51. The van der Waals surface area contributed by atoms with Crippen LogP contribution in [0.3, 0.4) is 0 Å². The van der Waals surface area contributed by atoms with E-state index in [1.807, 2.05) is 11.8 Å². The summed E-state index contributed by atoms with van der Waals surface area (Å²) < 4.78 is 13.6. The maximum Gasteiger partial charge on any atom is 0.247 e. The number of hydrogen-bond acceptors (Lipinski definition) is 2. The molecule has 1 heterocycles. The van der Waals surface area contributed by atoms with Crippen LogP contribution in [0.5, 0.6) is 0 Å². The molecule has 0 unspecified atom stereocenters. The van der Waals surface area contributed by atoms with Gasteiger partial charge in [0.2, 0.25) is 11.8 Å². The summed E-state index contributed by atoms with van der Waals surface area (Å²) in [5.41, 5.74) is 1.11. The smallest absolute Gasteiger partial charge is 0.247 e. The van der Waals surface area contributed by atoms with Gasteiger partial charge in [0, 0.05) is 12.2 Å². The quantitative estimate of drug-likeness (QED) is 0.846. The highest BCUT2D eigenvalue weighted by atomic mass is 19.1. The van der Waals surface area contributed by atoms with Crippen LogP contribution in [0.2, 0.25) is 0 Å². The van der Waals surface area contributed by atoms with E-state index >= 15 is 0 Å². The van der Waals surface area contributed by atoms with Crippen molar-refractivity contribution in [2.45, 2.75) is 64.3 Å². The van der Waals surface area contributed by atoms with Crippen molar-refractivity contribution in [1.29, 1.82) is 0 Å². The van der Waals surface area contributed by atoms with Gasteiger partial charge >= 0.3 is 0 Å². The van der Waals surface area contributed by atoms with Crippen molar-refractivity contribution in [3.63, 3.8) is 0 Å². The number of anilines is 1. The molecule has 5 aliphatic rings. The molecule has 4 nitrogen and oxygen atoms in total. The second-order valence-corrected chi connectivity index (χ2v) is 9.80. The Morgan fingerprint density at radius 1 is 1.11 bits per heavy atom. The number of hydrogen-bond donors (Lipinski definition) is 1. The first-order valence-corrected chi connectivity index (χ1v) is 10.8. The van der Waals surface area contributed by atoms with Crippen LogP contribution >= 0.6 is 0 Å². The van der Waals surface area contributed by atoms with E-state index in [0.29, 0.717) is 36.4 Å². The summed E-state index contributed by atoms with van der Waals surface area (Å²) in [7, 11) is 0. The second-order valence-electron chi connectivity index (χ2n) is 9.80. The molecule has 4 saturated carbocycles. The van der Waals surface area contributed by atoms with Gasteiger partial charge in [0.25, 0.3) is 0 Å². The molecule has 1 aliphatic heterocycles. The predicted octanol–water partition coefficient (Wildman–Crippen LogP) is 4.28. The zero-order valence-corrected chi connectivity index (χ0v) is 16.5. The summed E-state index contributed by atoms with van der Waals surface area (Å²) >= 11 is 0.